The third kappa shape index (κ3) is 4.45. The quantitative estimate of drug-likeness (QED) is 0.648. The van der Waals surface area contributed by atoms with E-state index in [4.69, 9.17) is 0 Å². The topological polar surface area (TPSA) is 59.0 Å². The van der Waals surface area contributed by atoms with E-state index in [1.807, 2.05) is 6.92 Å². The normalized spacial score (nSPS) is 19.3. The van der Waals surface area contributed by atoms with E-state index in [2.05, 4.69) is 31.7 Å². The molecule has 0 fully saturated rings. The third-order valence-corrected chi connectivity index (χ3v) is 5.04. The lowest BCUT2D eigenvalue weighted by Gasteiger charge is -2.33. The fraction of sp³-hybridized carbons (Fsp3) is 0.444. The zero-order chi connectivity index (χ0) is 19.6. The molecule has 0 bridgehead atoms. The molecule has 3 rings (SSSR count). The van der Waals surface area contributed by atoms with Gasteiger partial charge in [-0.15, -0.1) is 0 Å². The summed E-state index contributed by atoms with van der Waals surface area (Å²) in [7, 11) is 0. The average Bonchev–Trinajstić information content (AvgIpc) is 3.05. The highest BCUT2D eigenvalue weighted by molar-refractivity contribution is 9.10. The van der Waals surface area contributed by atoms with Crippen LogP contribution in [0.2, 0.25) is 0 Å². The first-order valence-electron chi connectivity index (χ1n) is 8.76. The first kappa shape index (κ1) is 19.7. The highest BCUT2D eigenvalue weighted by atomic mass is 79.9. The highest BCUT2D eigenvalue weighted by Crippen LogP contribution is 2.43. The number of hydrogen-bond donors (Lipinski definition) is 2. The molecule has 1 aliphatic rings. The van der Waals surface area contributed by atoms with Crippen LogP contribution in [0, 0.1) is 0 Å². The van der Waals surface area contributed by atoms with Crippen molar-refractivity contribution < 1.29 is 18.0 Å². The molecule has 0 saturated heterocycles. The number of benzene rings is 1. The van der Waals surface area contributed by atoms with Crippen LogP contribution in [0.25, 0.3) is 0 Å². The van der Waals surface area contributed by atoms with E-state index in [0.29, 0.717) is 6.54 Å². The third-order valence-electron chi connectivity index (χ3n) is 4.51. The van der Waals surface area contributed by atoms with Gasteiger partial charge in [0.05, 0.1) is 6.04 Å². The number of nitrogens with zero attached hydrogens (tertiary/aromatic N) is 2. The fourth-order valence-electron chi connectivity index (χ4n) is 3.07. The Kier molecular flexibility index (Phi) is 5.78. The van der Waals surface area contributed by atoms with Crippen molar-refractivity contribution in [3.63, 3.8) is 0 Å². The summed E-state index contributed by atoms with van der Waals surface area (Å²) in [5, 5.41) is 9.70. The maximum atomic E-state index is 13.6. The second-order valence-electron chi connectivity index (χ2n) is 6.51. The summed E-state index contributed by atoms with van der Waals surface area (Å²) in [6, 6.07) is 6.20. The fourth-order valence-corrected chi connectivity index (χ4v) is 3.33. The molecule has 1 aromatic heterocycles. The molecule has 1 aliphatic heterocycles. The average molecular weight is 445 g/mol. The second-order valence-corrected chi connectivity index (χ2v) is 7.43. The number of anilines is 1. The van der Waals surface area contributed by atoms with Gasteiger partial charge < -0.3 is 10.6 Å². The van der Waals surface area contributed by atoms with Gasteiger partial charge in [0.2, 0.25) is 0 Å². The Morgan fingerprint density at radius 2 is 2.07 bits per heavy atom. The van der Waals surface area contributed by atoms with Gasteiger partial charge >= 0.3 is 6.18 Å². The lowest BCUT2D eigenvalue weighted by atomic mass is 9.97. The second kappa shape index (κ2) is 7.92. The van der Waals surface area contributed by atoms with Crippen molar-refractivity contribution in [2.75, 3.05) is 11.9 Å². The molecule has 0 saturated carbocycles. The number of halogens is 4. The summed E-state index contributed by atoms with van der Waals surface area (Å²) in [5.41, 5.74) is 0.730. The predicted molar refractivity (Wildman–Crippen MR) is 99.7 cm³/mol. The van der Waals surface area contributed by atoms with E-state index >= 15 is 0 Å². The first-order valence-corrected chi connectivity index (χ1v) is 9.55. The van der Waals surface area contributed by atoms with E-state index in [1.165, 1.54) is 6.07 Å². The largest absolute Gasteiger partial charge is 0.410 e. The van der Waals surface area contributed by atoms with Crippen LogP contribution < -0.4 is 10.6 Å². The monoisotopic (exact) mass is 444 g/mol. The number of carbonyl (C=O) groups is 1. The van der Waals surface area contributed by atoms with Crippen LogP contribution in [0.1, 0.15) is 54.3 Å². The molecule has 0 spiro atoms. The van der Waals surface area contributed by atoms with E-state index < -0.39 is 24.2 Å². The van der Waals surface area contributed by atoms with Crippen LogP contribution in [0.3, 0.4) is 0 Å². The van der Waals surface area contributed by atoms with Gasteiger partial charge in [-0.1, -0.05) is 41.4 Å². The van der Waals surface area contributed by atoms with Gasteiger partial charge in [-0.25, -0.2) is 4.68 Å². The minimum Gasteiger partial charge on any atom is -0.363 e. The molecule has 1 aromatic carbocycles. The molecule has 27 heavy (non-hydrogen) atoms. The van der Waals surface area contributed by atoms with Gasteiger partial charge in [0.25, 0.3) is 5.91 Å². The minimum absolute atomic E-state index is 0.0145. The molecule has 0 unspecified atom stereocenters. The van der Waals surface area contributed by atoms with Gasteiger partial charge in [-0.2, -0.15) is 18.3 Å². The SMILES string of the molecule is CCCCNC(=O)c1cc2n(n1)[C@H](C(F)(F)F)C[C@@H](c1ccc(Br)cc1)N2. The summed E-state index contributed by atoms with van der Waals surface area (Å²) < 4.78 is 42.6. The zero-order valence-corrected chi connectivity index (χ0v) is 16.3. The van der Waals surface area contributed by atoms with Crippen molar-refractivity contribution in [2.45, 2.75) is 44.4 Å². The van der Waals surface area contributed by atoms with E-state index in [-0.39, 0.29) is 17.9 Å². The predicted octanol–water partition coefficient (Wildman–Crippen LogP) is 4.84. The van der Waals surface area contributed by atoms with Crippen LogP contribution in [-0.2, 0) is 0 Å². The molecule has 2 heterocycles. The van der Waals surface area contributed by atoms with Crippen LogP contribution in [0.5, 0.6) is 0 Å². The number of amides is 1. The van der Waals surface area contributed by atoms with Crippen molar-refractivity contribution in [1.29, 1.82) is 0 Å². The van der Waals surface area contributed by atoms with Gasteiger partial charge in [0, 0.05) is 23.5 Å². The number of rotatable bonds is 5. The number of hydrogen-bond acceptors (Lipinski definition) is 3. The maximum Gasteiger partial charge on any atom is 0.410 e. The van der Waals surface area contributed by atoms with Crippen LogP contribution in [0.15, 0.2) is 34.8 Å². The zero-order valence-electron chi connectivity index (χ0n) is 14.7. The summed E-state index contributed by atoms with van der Waals surface area (Å²) in [4.78, 5) is 12.2. The van der Waals surface area contributed by atoms with Crippen molar-refractivity contribution in [1.82, 2.24) is 15.1 Å². The first-order chi connectivity index (χ1) is 12.8. The van der Waals surface area contributed by atoms with E-state index in [1.54, 1.807) is 24.3 Å². The minimum atomic E-state index is -4.47. The molecule has 2 atom stereocenters. The molecular weight excluding hydrogens is 425 g/mol. The Bertz CT molecular complexity index is 804. The number of alkyl halides is 3. The Hall–Kier alpha value is -2.03. The summed E-state index contributed by atoms with van der Waals surface area (Å²) in [5.74, 6) is -0.273. The van der Waals surface area contributed by atoms with Gasteiger partial charge in [0.1, 0.15) is 5.82 Å². The van der Waals surface area contributed by atoms with Gasteiger partial charge in [-0.05, 0) is 24.1 Å². The van der Waals surface area contributed by atoms with Crippen molar-refractivity contribution in [2.24, 2.45) is 0 Å². The number of aromatic nitrogens is 2. The Morgan fingerprint density at radius 3 is 2.70 bits per heavy atom. The molecule has 1 amide bonds. The number of carbonyl (C=O) groups excluding carboxylic acids is 1. The van der Waals surface area contributed by atoms with Crippen LogP contribution in [0.4, 0.5) is 19.0 Å². The van der Waals surface area contributed by atoms with E-state index in [9.17, 15) is 18.0 Å². The smallest absolute Gasteiger partial charge is 0.363 e. The Labute approximate surface area is 163 Å². The van der Waals surface area contributed by atoms with Gasteiger partial charge in [0.15, 0.2) is 11.7 Å². The molecule has 0 radical (unpaired) electrons. The molecule has 0 aliphatic carbocycles. The number of nitrogens with one attached hydrogen (secondary N) is 2. The summed E-state index contributed by atoms with van der Waals surface area (Å²) in [6.07, 6.45) is -2.95. The molecular formula is C18H20BrF3N4O. The van der Waals surface area contributed by atoms with Crippen LogP contribution in [-0.4, -0.2) is 28.4 Å². The van der Waals surface area contributed by atoms with Crippen LogP contribution >= 0.6 is 15.9 Å². The Balaban J connectivity index is 1.88. The standard InChI is InChI=1S/C18H20BrF3N4O/c1-2-3-8-23-17(27)14-10-16-24-13(11-4-6-12(19)7-5-11)9-15(18(20,21)22)26(16)25-14/h4-7,10,13,15,24H,2-3,8-9H2,1H3,(H,23,27)/t13-,15-/m0/s1. The molecule has 146 valence electrons. The molecule has 2 N–H and O–H groups in total. The molecule has 2 aromatic rings. The highest BCUT2D eigenvalue weighted by Gasteiger charge is 2.46. The lowest BCUT2D eigenvalue weighted by Crippen LogP contribution is -2.35. The van der Waals surface area contributed by atoms with Crippen molar-refractivity contribution >= 4 is 27.7 Å². The maximum absolute atomic E-state index is 13.6. The summed E-state index contributed by atoms with van der Waals surface area (Å²) in [6.45, 7) is 2.46. The number of fused-ring (bicyclic) bond motifs is 1. The lowest BCUT2D eigenvalue weighted by molar-refractivity contribution is -0.173. The van der Waals surface area contributed by atoms with Crippen molar-refractivity contribution in [3.8, 4) is 0 Å². The molecule has 9 heteroatoms. The van der Waals surface area contributed by atoms with Gasteiger partial charge in [-0.3, -0.25) is 4.79 Å². The molecule has 5 nitrogen and oxygen atoms in total. The Morgan fingerprint density at radius 1 is 1.37 bits per heavy atom. The summed E-state index contributed by atoms with van der Waals surface area (Å²) >= 11 is 3.32. The number of unbranched alkanes of at least 4 members (excludes halogenated alkanes) is 1. The van der Waals surface area contributed by atoms with E-state index in [0.717, 1.165) is 27.6 Å². The van der Waals surface area contributed by atoms with Crippen molar-refractivity contribution in [3.05, 3.63) is 46.1 Å².